The van der Waals surface area contributed by atoms with Gasteiger partial charge in [-0.1, -0.05) is 0 Å². The van der Waals surface area contributed by atoms with Crippen LogP contribution in [0.2, 0.25) is 0 Å². The maximum absolute atomic E-state index is 11.8. The maximum atomic E-state index is 11.8. The fourth-order valence-corrected chi connectivity index (χ4v) is 2.16. The molecule has 2 saturated heterocycles. The van der Waals surface area contributed by atoms with Crippen LogP contribution in [0.4, 0.5) is 0 Å². The molecule has 2 heterocycles. The van der Waals surface area contributed by atoms with Gasteiger partial charge >= 0.3 is 5.97 Å². The van der Waals surface area contributed by atoms with E-state index in [1.165, 1.54) is 6.08 Å². The van der Waals surface area contributed by atoms with Crippen molar-refractivity contribution < 1.29 is 23.7 Å². The van der Waals surface area contributed by atoms with Crippen LogP contribution in [0.25, 0.3) is 0 Å². The van der Waals surface area contributed by atoms with Crippen molar-refractivity contribution in [1.82, 2.24) is 4.90 Å². The first-order valence-corrected chi connectivity index (χ1v) is 7.41. The Bertz CT molecular complexity index is 441. The number of hydrogen-bond donors (Lipinski definition) is 1. The van der Waals surface area contributed by atoms with Crippen molar-refractivity contribution >= 4 is 5.97 Å². The van der Waals surface area contributed by atoms with Gasteiger partial charge in [0.15, 0.2) is 5.79 Å². The zero-order valence-electron chi connectivity index (χ0n) is 13.1. The standard InChI is InChI=1S/C15H24N2O5/c1-15(2)21-11-12(22-15)10-20-14(18)13(16)4-3-5-17-6-8-19-9-7-17/h3-5,12H,6-11,16H2,1-2H3/b5-3+,13-4-. The van der Waals surface area contributed by atoms with Crippen molar-refractivity contribution in [2.45, 2.75) is 25.7 Å². The molecule has 22 heavy (non-hydrogen) atoms. The Hall–Kier alpha value is -1.57. The number of hydrogen-bond acceptors (Lipinski definition) is 7. The molecule has 2 rings (SSSR count). The number of nitrogens with zero attached hydrogens (tertiary/aromatic N) is 1. The minimum absolute atomic E-state index is 0.0580. The minimum Gasteiger partial charge on any atom is -0.458 e. The third kappa shape index (κ3) is 5.32. The third-order valence-corrected chi connectivity index (χ3v) is 3.32. The SMILES string of the molecule is CC1(C)OCC(COC(=O)/C(N)=C/C=C/N2CCOCC2)O1. The Morgan fingerprint density at radius 1 is 1.41 bits per heavy atom. The monoisotopic (exact) mass is 312 g/mol. The zero-order chi connectivity index (χ0) is 16.0. The lowest BCUT2D eigenvalue weighted by atomic mass is 10.3. The van der Waals surface area contributed by atoms with Crippen LogP contribution in [-0.4, -0.2) is 62.3 Å². The normalized spacial score (nSPS) is 25.6. The highest BCUT2D eigenvalue weighted by atomic mass is 16.7. The second-order valence-corrected chi connectivity index (χ2v) is 5.66. The Morgan fingerprint density at radius 2 is 2.14 bits per heavy atom. The van der Waals surface area contributed by atoms with Crippen molar-refractivity contribution in [3.63, 3.8) is 0 Å². The van der Waals surface area contributed by atoms with E-state index in [1.54, 1.807) is 6.08 Å². The van der Waals surface area contributed by atoms with E-state index in [1.807, 2.05) is 20.0 Å². The average Bonchev–Trinajstić information content (AvgIpc) is 2.85. The lowest BCUT2D eigenvalue weighted by Crippen LogP contribution is -2.31. The summed E-state index contributed by atoms with van der Waals surface area (Å²) >= 11 is 0. The van der Waals surface area contributed by atoms with Gasteiger partial charge in [0.05, 0.1) is 19.8 Å². The molecular formula is C15H24N2O5. The molecule has 2 N–H and O–H groups in total. The summed E-state index contributed by atoms with van der Waals surface area (Å²) in [5.74, 6) is -1.18. The summed E-state index contributed by atoms with van der Waals surface area (Å²) in [7, 11) is 0. The maximum Gasteiger partial charge on any atom is 0.354 e. The largest absolute Gasteiger partial charge is 0.458 e. The van der Waals surface area contributed by atoms with E-state index in [0.29, 0.717) is 19.8 Å². The van der Waals surface area contributed by atoms with Crippen LogP contribution in [0, 0.1) is 0 Å². The minimum atomic E-state index is -0.626. The first kappa shape index (κ1) is 16.8. The van der Waals surface area contributed by atoms with Crippen molar-refractivity contribution in [3.05, 3.63) is 24.0 Å². The van der Waals surface area contributed by atoms with Crippen molar-refractivity contribution in [2.75, 3.05) is 39.5 Å². The number of nitrogens with two attached hydrogens (primary N) is 1. The number of carbonyl (C=O) groups excluding carboxylic acids is 1. The Kier molecular flexibility index (Phi) is 5.82. The fraction of sp³-hybridized carbons (Fsp3) is 0.667. The fourth-order valence-electron chi connectivity index (χ4n) is 2.16. The molecule has 0 saturated carbocycles. The molecular weight excluding hydrogens is 288 g/mol. The highest BCUT2D eigenvalue weighted by molar-refractivity contribution is 5.87. The predicted octanol–water partition coefficient (Wildman–Crippen LogP) is 0.370. The van der Waals surface area contributed by atoms with E-state index in [4.69, 9.17) is 24.7 Å². The van der Waals surface area contributed by atoms with Crippen LogP contribution in [-0.2, 0) is 23.7 Å². The van der Waals surface area contributed by atoms with Crippen LogP contribution in [0.5, 0.6) is 0 Å². The summed E-state index contributed by atoms with van der Waals surface area (Å²) in [5, 5.41) is 0. The number of rotatable bonds is 5. The summed E-state index contributed by atoms with van der Waals surface area (Å²) in [4.78, 5) is 13.9. The summed E-state index contributed by atoms with van der Waals surface area (Å²) in [6, 6.07) is 0. The quantitative estimate of drug-likeness (QED) is 0.446. The summed E-state index contributed by atoms with van der Waals surface area (Å²) in [6.07, 6.45) is 4.91. The van der Waals surface area contributed by atoms with Gasteiger partial charge in [0.25, 0.3) is 0 Å². The van der Waals surface area contributed by atoms with Gasteiger partial charge in [-0.2, -0.15) is 0 Å². The molecule has 7 nitrogen and oxygen atoms in total. The smallest absolute Gasteiger partial charge is 0.354 e. The van der Waals surface area contributed by atoms with Gasteiger partial charge in [0.1, 0.15) is 18.4 Å². The number of allylic oxidation sites excluding steroid dienone is 2. The molecule has 7 heteroatoms. The van der Waals surface area contributed by atoms with Crippen LogP contribution < -0.4 is 5.73 Å². The van der Waals surface area contributed by atoms with Crippen LogP contribution in [0.1, 0.15) is 13.8 Å². The van der Waals surface area contributed by atoms with Crippen molar-refractivity contribution in [1.29, 1.82) is 0 Å². The summed E-state index contributed by atoms with van der Waals surface area (Å²) < 4.78 is 21.3. The van der Waals surface area contributed by atoms with Crippen molar-refractivity contribution in [3.8, 4) is 0 Å². The van der Waals surface area contributed by atoms with Gasteiger partial charge in [-0.15, -0.1) is 0 Å². The number of carbonyl (C=O) groups is 1. The van der Waals surface area contributed by atoms with Gasteiger partial charge in [-0.25, -0.2) is 4.79 Å². The molecule has 0 aliphatic carbocycles. The number of morpholine rings is 1. The highest BCUT2D eigenvalue weighted by Crippen LogP contribution is 2.22. The molecule has 0 bridgehead atoms. The Balaban J connectivity index is 1.71. The average molecular weight is 312 g/mol. The lowest BCUT2D eigenvalue weighted by molar-refractivity contribution is -0.155. The highest BCUT2D eigenvalue weighted by Gasteiger charge is 2.33. The van der Waals surface area contributed by atoms with E-state index < -0.39 is 11.8 Å². The van der Waals surface area contributed by atoms with E-state index in [2.05, 4.69) is 4.90 Å². The summed E-state index contributed by atoms with van der Waals surface area (Å²) in [6.45, 7) is 7.27. The molecule has 0 aromatic carbocycles. The third-order valence-electron chi connectivity index (χ3n) is 3.32. The van der Waals surface area contributed by atoms with Crippen LogP contribution >= 0.6 is 0 Å². The number of esters is 1. The second-order valence-electron chi connectivity index (χ2n) is 5.66. The Labute approximate surface area is 130 Å². The molecule has 2 aliphatic rings. The van der Waals surface area contributed by atoms with E-state index >= 15 is 0 Å². The van der Waals surface area contributed by atoms with Gasteiger partial charge in [-0.05, 0) is 32.2 Å². The van der Waals surface area contributed by atoms with E-state index in [-0.39, 0.29) is 18.4 Å². The molecule has 0 amide bonds. The van der Waals surface area contributed by atoms with E-state index in [0.717, 1.165) is 13.1 Å². The molecule has 2 aliphatic heterocycles. The van der Waals surface area contributed by atoms with Gasteiger partial charge in [0.2, 0.25) is 0 Å². The van der Waals surface area contributed by atoms with E-state index in [9.17, 15) is 4.79 Å². The molecule has 0 radical (unpaired) electrons. The topological polar surface area (TPSA) is 83.2 Å². The summed E-state index contributed by atoms with van der Waals surface area (Å²) in [5.41, 5.74) is 5.75. The van der Waals surface area contributed by atoms with Crippen molar-refractivity contribution in [2.24, 2.45) is 5.73 Å². The van der Waals surface area contributed by atoms with Gasteiger partial charge < -0.3 is 29.6 Å². The van der Waals surface area contributed by atoms with Gasteiger partial charge in [0, 0.05) is 13.1 Å². The molecule has 0 aromatic rings. The molecule has 124 valence electrons. The first-order valence-electron chi connectivity index (χ1n) is 7.41. The van der Waals surface area contributed by atoms with Crippen LogP contribution in [0.3, 0.4) is 0 Å². The predicted molar refractivity (Wildman–Crippen MR) is 79.7 cm³/mol. The first-order chi connectivity index (χ1) is 10.5. The molecule has 2 fully saturated rings. The Morgan fingerprint density at radius 3 is 2.77 bits per heavy atom. The molecule has 1 atom stereocenters. The molecule has 0 aromatic heterocycles. The van der Waals surface area contributed by atoms with Gasteiger partial charge in [-0.3, -0.25) is 0 Å². The molecule has 1 unspecified atom stereocenters. The second kappa shape index (κ2) is 7.62. The molecule has 0 spiro atoms. The lowest BCUT2D eigenvalue weighted by Gasteiger charge is -2.24. The number of ether oxygens (including phenoxy) is 4. The van der Waals surface area contributed by atoms with Crippen LogP contribution in [0.15, 0.2) is 24.0 Å². The zero-order valence-corrected chi connectivity index (χ0v) is 13.1.